The number of likely N-dealkylation sites (tertiary alicyclic amines) is 1. The van der Waals surface area contributed by atoms with E-state index in [0.717, 1.165) is 0 Å². The minimum atomic E-state index is -1.06. The number of carbonyl (C=O) groups is 2. The summed E-state index contributed by atoms with van der Waals surface area (Å²) in [6.45, 7) is 3.50. The van der Waals surface area contributed by atoms with Crippen LogP contribution in [0, 0.1) is 11.7 Å². The smallest absolute Gasteiger partial charge is 0.308 e. The lowest BCUT2D eigenvalue weighted by atomic mass is 9.89. The second-order valence-electron chi connectivity index (χ2n) is 6.04. The molecule has 2 unspecified atom stereocenters. The lowest BCUT2D eigenvalue weighted by Gasteiger charge is -2.25. The van der Waals surface area contributed by atoms with Crippen LogP contribution in [-0.4, -0.2) is 40.5 Å². The third kappa shape index (κ3) is 3.21. The number of rotatable bonds is 3. The van der Waals surface area contributed by atoms with Crippen molar-refractivity contribution >= 4 is 11.9 Å². The Kier molecular flexibility index (Phi) is 4.00. The van der Waals surface area contributed by atoms with Gasteiger partial charge in [-0.2, -0.15) is 0 Å². The third-order valence-electron chi connectivity index (χ3n) is 3.75. The summed E-state index contributed by atoms with van der Waals surface area (Å²) in [5.74, 6) is -2.88. The largest absolute Gasteiger partial charge is 0.481 e. The average molecular weight is 294 g/mol. The molecule has 1 aliphatic heterocycles. The van der Waals surface area contributed by atoms with Crippen molar-refractivity contribution in [3.05, 3.63) is 35.6 Å². The molecule has 5 nitrogen and oxygen atoms in total. The van der Waals surface area contributed by atoms with E-state index in [9.17, 15) is 19.1 Å². The minimum Gasteiger partial charge on any atom is -0.481 e. The zero-order valence-corrected chi connectivity index (χ0v) is 12.0. The topological polar surface area (TPSA) is 83.6 Å². The molecule has 0 aliphatic carbocycles. The van der Waals surface area contributed by atoms with Crippen molar-refractivity contribution in [1.82, 2.24) is 4.90 Å². The highest BCUT2D eigenvalue weighted by atomic mass is 19.1. The number of aliphatic carboxylic acids is 1. The van der Waals surface area contributed by atoms with Gasteiger partial charge in [-0.15, -0.1) is 0 Å². The molecule has 1 saturated heterocycles. The molecule has 0 aromatic heterocycles. The predicted octanol–water partition coefficient (Wildman–Crippen LogP) is 1.19. The van der Waals surface area contributed by atoms with E-state index in [0.29, 0.717) is 5.56 Å². The maximum absolute atomic E-state index is 13.3. The Balaban J connectivity index is 2.28. The first kappa shape index (κ1) is 15.4. The molecule has 2 atom stereocenters. The molecule has 21 heavy (non-hydrogen) atoms. The number of carboxylic acids is 1. The van der Waals surface area contributed by atoms with Gasteiger partial charge in [0.1, 0.15) is 5.82 Å². The first-order chi connectivity index (χ1) is 9.70. The molecule has 1 aliphatic rings. The van der Waals surface area contributed by atoms with Gasteiger partial charge in [0.2, 0.25) is 5.91 Å². The molecule has 0 saturated carbocycles. The van der Waals surface area contributed by atoms with Crippen LogP contribution < -0.4 is 5.73 Å². The highest BCUT2D eigenvalue weighted by Gasteiger charge is 2.42. The van der Waals surface area contributed by atoms with Gasteiger partial charge < -0.3 is 15.7 Å². The highest BCUT2D eigenvalue weighted by molar-refractivity contribution is 5.86. The van der Waals surface area contributed by atoms with Crippen molar-refractivity contribution in [2.75, 3.05) is 13.1 Å². The van der Waals surface area contributed by atoms with Crippen molar-refractivity contribution in [1.29, 1.82) is 0 Å². The second kappa shape index (κ2) is 5.44. The van der Waals surface area contributed by atoms with Gasteiger partial charge in [0.25, 0.3) is 0 Å². The zero-order valence-electron chi connectivity index (χ0n) is 12.0. The average Bonchev–Trinajstić information content (AvgIpc) is 2.81. The van der Waals surface area contributed by atoms with Crippen molar-refractivity contribution in [2.24, 2.45) is 11.7 Å². The molecule has 2 rings (SSSR count). The molecule has 1 heterocycles. The van der Waals surface area contributed by atoms with Gasteiger partial charge in [-0.25, -0.2) is 4.39 Å². The van der Waals surface area contributed by atoms with E-state index in [1.54, 1.807) is 26.0 Å². The molecule has 1 aromatic rings. The number of amides is 1. The number of hydrogen-bond donors (Lipinski definition) is 2. The zero-order chi connectivity index (χ0) is 15.8. The standard InChI is InChI=1S/C15H19FN2O3/c1-15(2,17)14(21)18-7-11(12(8-18)13(19)20)9-4-3-5-10(16)6-9/h3-6,11-12H,7-8,17H2,1-2H3,(H,19,20). The Bertz CT molecular complexity index is 568. The Hall–Kier alpha value is -1.95. The molecule has 6 heteroatoms. The van der Waals surface area contributed by atoms with E-state index in [4.69, 9.17) is 5.73 Å². The number of carboxylic acid groups (broad SMARTS) is 1. The number of nitrogens with zero attached hydrogens (tertiary/aromatic N) is 1. The van der Waals surface area contributed by atoms with Crippen molar-refractivity contribution < 1.29 is 19.1 Å². The molecule has 0 bridgehead atoms. The molecule has 1 aromatic carbocycles. The number of benzene rings is 1. The van der Waals surface area contributed by atoms with Crippen LogP contribution in [0.1, 0.15) is 25.3 Å². The highest BCUT2D eigenvalue weighted by Crippen LogP contribution is 2.34. The molecule has 0 spiro atoms. The summed E-state index contributed by atoms with van der Waals surface area (Å²) < 4.78 is 13.3. The lowest BCUT2D eigenvalue weighted by molar-refractivity contribution is -0.142. The van der Waals surface area contributed by atoms with Crippen molar-refractivity contribution in [3.63, 3.8) is 0 Å². The van der Waals surface area contributed by atoms with Gasteiger partial charge in [-0.1, -0.05) is 12.1 Å². The normalized spacial score (nSPS) is 22.4. The molecular formula is C15H19FN2O3. The van der Waals surface area contributed by atoms with Crippen LogP contribution >= 0.6 is 0 Å². The summed E-state index contributed by atoms with van der Waals surface area (Å²) >= 11 is 0. The van der Waals surface area contributed by atoms with Crippen LogP contribution in [0.5, 0.6) is 0 Å². The van der Waals surface area contributed by atoms with Crippen LogP contribution in [0.2, 0.25) is 0 Å². The maximum Gasteiger partial charge on any atom is 0.308 e. The first-order valence-corrected chi connectivity index (χ1v) is 6.76. The van der Waals surface area contributed by atoms with E-state index in [2.05, 4.69) is 0 Å². The van der Waals surface area contributed by atoms with E-state index >= 15 is 0 Å². The van der Waals surface area contributed by atoms with Gasteiger partial charge in [-0.05, 0) is 31.5 Å². The van der Waals surface area contributed by atoms with Crippen LogP contribution in [0.4, 0.5) is 4.39 Å². The minimum absolute atomic E-state index is 0.0932. The molecule has 0 radical (unpaired) electrons. The SMILES string of the molecule is CC(C)(N)C(=O)N1CC(C(=O)O)C(c2cccc(F)c2)C1. The number of halogens is 1. The summed E-state index contributed by atoms with van der Waals surface area (Å²) in [6, 6.07) is 5.86. The summed E-state index contributed by atoms with van der Waals surface area (Å²) in [7, 11) is 0. The summed E-state index contributed by atoms with van der Waals surface area (Å²) in [5, 5.41) is 9.35. The van der Waals surface area contributed by atoms with Gasteiger partial charge in [0.15, 0.2) is 0 Å². The predicted molar refractivity (Wildman–Crippen MR) is 75.1 cm³/mol. The van der Waals surface area contributed by atoms with E-state index in [-0.39, 0.29) is 19.0 Å². The Morgan fingerprint density at radius 1 is 1.38 bits per heavy atom. The second-order valence-corrected chi connectivity index (χ2v) is 6.04. The lowest BCUT2D eigenvalue weighted by Crippen LogP contribution is -2.50. The summed E-state index contributed by atoms with van der Waals surface area (Å²) in [5.41, 5.74) is 5.32. The quantitative estimate of drug-likeness (QED) is 0.877. The number of hydrogen-bond acceptors (Lipinski definition) is 3. The van der Waals surface area contributed by atoms with Crippen LogP contribution in [-0.2, 0) is 9.59 Å². The Morgan fingerprint density at radius 3 is 2.57 bits per heavy atom. The summed E-state index contributed by atoms with van der Waals surface area (Å²) in [4.78, 5) is 25.1. The molecule has 1 amide bonds. The fourth-order valence-electron chi connectivity index (χ4n) is 2.70. The van der Waals surface area contributed by atoms with Crippen molar-refractivity contribution in [3.8, 4) is 0 Å². The molecule has 114 valence electrons. The van der Waals surface area contributed by atoms with Gasteiger partial charge in [0.05, 0.1) is 11.5 Å². The Morgan fingerprint density at radius 2 is 2.05 bits per heavy atom. The van der Waals surface area contributed by atoms with E-state index in [1.165, 1.54) is 17.0 Å². The number of nitrogens with two attached hydrogens (primary N) is 1. The van der Waals surface area contributed by atoms with Crippen LogP contribution in [0.3, 0.4) is 0 Å². The molecule has 1 fully saturated rings. The Labute approximate surface area is 122 Å². The van der Waals surface area contributed by atoms with Crippen molar-refractivity contribution in [2.45, 2.75) is 25.3 Å². The van der Waals surface area contributed by atoms with Gasteiger partial charge in [-0.3, -0.25) is 9.59 Å². The molecular weight excluding hydrogens is 275 g/mol. The van der Waals surface area contributed by atoms with Crippen LogP contribution in [0.25, 0.3) is 0 Å². The van der Waals surface area contributed by atoms with Crippen LogP contribution in [0.15, 0.2) is 24.3 Å². The summed E-state index contributed by atoms with van der Waals surface area (Å²) in [6.07, 6.45) is 0. The number of carbonyl (C=O) groups excluding carboxylic acids is 1. The van der Waals surface area contributed by atoms with E-state index < -0.39 is 29.2 Å². The molecule has 3 N–H and O–H groups in total. The fraction of sp³-hybridized carbons (Fsp3) is 0.467. The maximum atomic E-state index is 13.3. The van der Waals surface area contributed by atoms with Gasteiger partial charge in [0, 0.05) is 19.0 Å². The first-order valence-electron chi connectivity index (χ1n) is 6.76. The van der Waals surface area contributed by atoms with E-state index in [1.807, 2.05) is 0 Å². The fourth-order valence-corrected chi connectivity index (χ4v) is 2.70. The third-order valence-corrected chi connectivity index (χ3v) is 3.75. The monoisotopic (exact) mass is 294 g/mol. The van der Waals surface area contributed by atoms with Gasteiger partial charge >= 0.3 is 5.97 Å².